The normalized spacial score (nSPS) is 21.0. The van der Waals surface area contributed by atoms with Gasteiger partial charge in [0.15, 0.2) is 0 Å². The molecule has 2 amide bonds. The van der Waals surface area contributed by atoms with E-state index < -0.39 is 0 Å². The van der Waals surface area contributed by atoms with Crippen molar-refractivity contribution < 1.29 is 14.7 Å². The molecule has 5 heteroatoms. The highest BCUT2D eigenvalue weighted by Gasteiger charge is 2.50. The molecule has 5 nitrogen and oxygen atoms in total. The predicted molar refractivity (Wildman–Crippen MR) is 111 cm³/mol. The van der Waals surface area contributed by atoms with E-state index in [0.717, 1.165) is 11.1 Å². The van der Waals surface area contributed by atoms with Crippen LogP contribution in [-0.4, -0.2) is 58.5 Å². The van der Waals surface area contributed by atoms with Gasteiger partial charge in [-0.25, -0.2) is 0 Å². The van der Waals surface area contributed by atoms with Crippen molar-refractivity contribution in [3.05, 3.63) is 35.4 Å². The third-order valence-electron chi connectivity index (χ3n) is 5.34. The molecule has 0 unspecified atom stereocenters. The summed E-state index contributed by atoms with van der Waals surface area (Å²) < 4.78 is 0. The van der Waals surface area contributed by atoms with E-state index in [-0.39, 0.29) is 36.4 Å². The minimum atomic E-state index is -0.259. The Morgan fingerprint density at radius 2 is 1.82 bits per heavy atom. The lowest BCUT2D eigenvalue weighted by Crippen LogP contribution is -2.68. The van der Waals surface area contributed by atoms with Crippen molar-refractivity contribution in [1.29, 1.82) is 0 Å². The number of aliphatic hydroxyl groups is 1. The minimum Gasteiger partial charge on any atom is -0.394 e. The Labute approximate surface area is 168 Å². The Morgan fingerprint density at radius 3 is 2.29 bits per heavy atom. The Morgan fingerprint density at radius 1 is 1.18 bits per heavy atom. The van der Waals surface area contributed by atoms with Crippen molar-refractivity contribution in [2.45, 2.75) is 59.0 Å². The van der Waals surface area contributed by atoms with E-state index in [1.165, 1.54) is 6.92 Å². The molecule has 0 spiro atoms. The molecule has 1 saturated heterocycles. The van der Waals surface area contributed by atoms with Gasteiger partial charge in [-0.15, -0.1) is 0 Å². The lowest BCUT2D eigenvalue weighted by Gasteiger charge is -2.55. The molecule has 0 aliphatic carbocycles. The van der Waals surface area contributed by atoms with Crippen molar-refractivity contribution in [2.75, 3.05) is 19.7 Å². The molecule has 0 radical (unpaired) electrons. The number of likely N-dealkylation sites (tertiary alicyclic amines) is 1. The number of hydrogen-bond donors (Lipinski definition) is 1. The molecule has 0 aromatic heterocycles. The topological polar surface area (TPSA) is 60.9 Å². The molecule has 1 aliphatic heterocycles. The number of rotatable bonds is 6. The van der Waals surface area contributed by atoms with Crippen LogP contribution in [0.4, 0.5) is 0 Å². The van der Waals surface area contributed by atoms with Crippen LogP contribution in [0, 0.1) is 17.8 Å². The van der Waals surface area contributed by atoms with Crippen molar-refractivity contribution in [3.8, 4) is 11.8 Å². The maximum atomic E-state index is 12.2. The summed E-state index contributed by atoms with van der Waals surface area (Å²) in [6, 6.07) is 7.64. The minimum absolute atomic E-state index is 0.000265. The number of amides is 2. The monoisotopic (exact) mass is 384 g/mol. The Bertz CT molecular complexity index is 745. The first kappa shape index (κ1) is 22.0. The standard InChI is InChI=1S/C23H32N2O3/c1-6-22(28)24(7-2)14-20-23(21(15-26)25(20)17(5)27)19-12-10-18(11-13-19)9-8-16(3)4/h10-13,16,20-21,23,26H,6-7,14-15H2,1-5H3/t20-,21+,23+/m0/s1. The predicted octanol–water partition coefficient (Wildman–Crippen LogP) is 2.63. The fourth-order valence-electron chi connectivity index (χ4n) is 3.93. The van der Waals surface area contributed by atoms with Gasteiger partial charge < -0.3 is 14.9 Å². The highest BCUT2D eigenvalue weighted by Crippen LogP contribution is 2.41. The molecule has 1 aromatic carbocycles. The van der Waals surface area contributed by atoms with Gasteiger partial charge in [-0.2, -0.15) is 0 Å². The summed E-state index contributed by atoms with van der Waals surface area (Å²) in [7, 11) is 0. The largest absolute Gasteiger partial charge is 0.394 e. The SMILES string of the molecule is CCC(=O)N(CC)C[C@H]1[C@@H](c2ccc(C#CC(C)C)cc2)[C@@H](CO)N1C(C)=O. The number of benzene rings is 1. The number of carbonyl (C=O) groups excluding carboxylic acids is 2. The van der Waals surface area contributed by atoms with Crippen LogP contribution in [0.15, 0.2) is 24.3 Å². The van der Waals surface area contributed by atoms with Gasteiger partial charge in [0.05, 0.1) is 18.7 Å². The molecule has 152 valence electrons. The summed E-state index contributed by atoms with van der Waals surface area (Å²) in [6.45, 7) is 10.4. The second-order valence-corrected chi connectivity index (χ2v) is 7.60. The molecule has 2 rings (SSSR count). The second kappa shape index (κ2) is 9.75. The molecular formula is C23H32N2O3. The third-order valence-corrected chi connectivity index (χ3v) is 5.34. The summed E-state index contributed by atoms with van der Waals surface area (Å²) in [5, 5.41) is 9.90. The Kier molecular flexibility index (Phi) is 7.65. The van der Waals surface area contributed by atoms with E-state index >= 15 is 0 Å². The van der Waals surface area contributed by atoms with E-state index in [2.05, 4.69) is 25.7 Å². The summed E-state index contributed by atoms with van der Waals surface area (Å²) in [5.74, 6) is 6.64. The van der Waals surface area contributed by atoms with Gasteiger partial charge in [0.25, 0.3) is 0 Å². The first-order valence-corrected chi connectivity index (χ1v) is 10.1. The molecule has 0 bridgehead atoms. The molecule has 3 atom stereocenters. The molecule has 1 N–H and O–H groups in total. The van der Waals surface area contributed by atoms with E-state index in [4.69, 9.17) is 0 Å². The molecule has 1 heterocycles. The van der Waals surface area contributed by atoms with Crippen LogP contribution in [-0.2, 0) is 9.59 Å². The number of aliphatic hydroxyl groups excluding tert-OH is 1. The summed E-state index contributed by atoms with van der Waals surface area (Å²) in [5.41, 5.74) is 2.02. The van der Waals surface area contributed by atoms with Crippen LogP contribution in [0.1, 0.15) is 58.1 Å². The molecular weight excluding hydrogens is 352 g/mol. The van der Waals surface area contributed by atoms with Gasteiger partial charge in [-0.3, -0.25) is 9.59 Å². The van der Waals surface area contributed by atoms with Gasteiger partial charge in [0.2, 0.25) is 11.8 Å². The fraction of sp³-hybridized carbons (Fsp3) is 0.565. The number of likely N-dealkylation sites (N-methyl/N-ethyl adjacent to an activating group) is 1. The van der Waals surface area contributed by atoms with Crippen LogP contribution >= 0.6 is 0 Å². The molecule has 1 aliphatic rings. The van der Waals surface area contributed by atoms with E-state index in [1.54, 1.807) is 9.80 Å². The lowest BCUT2D eigenvalue weighted by atomic mass is 9.74. The van der Waals surface area contributed by atoms with Crippen LogP contribution in [0.3, 0.4) is 0 Å². The summed E-state index contributed by atoms with van der Waals surface area (Å²) >= 11 is 0. The summed E-state index contributed by atoms with van der Waals surface area (Å²) in [6.07, 6.45) is 0.442. The third kappa shape index (κ3) is 4.74. The van der Waals surface area contributed by atoms with Crippen molar-refractivity contribution in [2.24, 2.45) is 5.92 Å². The highest BCUT2D eigenvalue weighted by atomic mass is 16.3. The zero-order chi connectivity index (χ0) is 20.8. The fourth-order valence-corrected chi connectivity index (χ4v) is 3.93. The van der Waals surface area contributed by atoms with Gasteiger partial charge in [-0.05, 0) is 24.6 Å². The first-order chi connectivity index (χ1) is 13.3. The number of hydrogen-bond acceptors (Lipinski definition) is 3. The average molecular weight is 385 g/mol. The lowest BCUT2D eigenvalue weighted by molar-refractivity contribution is -0.152. The van der Waals surface area contributed by atoms with Crippen LogP contribution in [0.2, 0.25) is 0 Å². The smallest absolute Gasteiger partial charge is 0.222 e. The van der Waals surface area contributed by atoms with E-state index in [0.29, 0.717) is 25.4 Å². The Hall–Kier alpha value is -2.32. The average Bonchev–Trinajstić information content (AvgIpc) is 2.66. The number of carbonyl (C=O) groups is 2. The first-order valence-electron chi connectivity index (χ1n) is 10.1. The molecule has 1 aromatic rings. The zero-order valence-electron chi connectivity index (χ0n) is 17.6. The quantitative estimate of drug-likeness (QED) is 0.767. The van der Waals surface area contributed by atoms with Crippen molar-refractivity contribution in [1.82, 2.24) is 9.80 Å². The second-order valence-electron chi connectivity index (χ2n) is 7.60. The number of nitrogens with zero attached hydrogens (tertiary/aromatic N) is 2. The van der Waals surface area contributed by atoms with Crippen LogP contribution < -0.4 is 0 Å². The van der Waals surface area contributed by atoms with Crippen molar-refractivity contribution >= 4 is 11.8 Å². The Balaban J connectivity index is 2.29. The maximum absolute atomic E-state index is 12.2. The molecule has 1 fully saturated rings. The van der Waals surface area contributed by atoms with Gasteiger partial charge in [0, 0.05) is 43.8 Å². The van der Waals surface area contributed by atoms with E-state index in [1.807, 2.05) is 38.1 Å². The highest BCUT2D eigenvalue weighted by molar-refractivity contribution is 5.77. The van der Waals surface area contributed by atoms with Gasteiger partial charge in [0.1, 0.15) is 0 Å². The van der Waals surface area contributed by atoms with Crippen LogP contribution in [0.25, 0.3) is 0 Å². The maximum Gasteiger partial charge on any atom is 0.222 e. The van der Waals surface area contributed by atoms with Crippen molar-refractivity contribution in [3.63, 3.8) is 0 Å². The molecule has 28 heavy (non-hydrogen) atoms. The summed E-state index contributed by atoms with van der Waals surface area (Å²) in [4.78, 5) is 27.9. The van der Waals surface area contributed by atoms with Gasteiger partial charge >= 0.3 is 0 Å². The zero-order valence-corrected chi connectivity index (χ0v) is 17.6. The molecule has 0 saturated carbocycles. The van der Waals surface area contributed by atoms with Gasteiger partial charge in [-0.1, -0.05) is 44.7 Å². The van der Waals surface area contributed by atoms with Crippen LogP contribution in [0.5, 0.6) is 0 Å². The van der Waals surface area contributed by atoms with E-state index in [9.17, 15) is 14.7 Å².